The Bertz CT molecular complexity index is 935. The van der Waals surface area contributed by atoms with Crippen LogP contribution in [0.3, 0.4) is 0 Å². The number of benzene rings is 1. The van der Waals surface area contributed by atoms with E-state index in [0.29, 0.717) is 24.1 Å². The monoisotopic (exact) mass is 413 g/mol. The van der Waals surface area contributed by atoms with Gasteiger partial charge < -0.3 is 15.4 Å². The molecule has 158 valence electrons. The van der Waals surface area contributed by atoms with Crippen molar-refractivity contribution in [3.8, 4) is 0 Å². The van der Waals surface area contributed by atoms with Gasteiger partial charge in [-0.15, -0.1) is 0 Å². The zero-order valence-corrected chi connectivity index (χ0v) is 16.5. The van der Waals surface area contributed by atoms with Crippen LogP contribution in [0.25, 0.3) is 0 Å². The van der Waals surface area contributed by atoms with Gasteiger partial charge in [0.05, 0.1) is 6.42 Å². The van der Waals surface area contributed by atoms with Crippen LogP contribution in [0.5, 0.6) is 0 Å². The fourth-order valence-corrected chi connectivity index (χ4v) is 4.28. The topological polar surface area (TPSA) is 122 Å². The smallest absolute Gasteiger partial charge is 0.325 e. The summed E-state index contributed by atoms with van der Waals surface area (Å²) in [6.07, 6.45) is 3.64. The van der Waals surface area contributed by atoms with Crippen molar-refractivity contribution in [1.29, 1.82) is 0 Å². The maximum Gasteiger partial charge on any atom is 0.325 e. The van der Waals surface area contributed by atoms with Crippen LogP contribution in [-0.2, 0) is 25.5 Å². The number of nitrogens with zero attached hydrogens (tertiary/aromatic N) is 1. The molecule has 3 aliphatic rings. The molecule has 4 rings (SSSR count). The highest BCUT2D eigenvalue weighted by molar-refractivity contribution is 6.07. The Morgan fingerprint density at radius 1 is 1.13 bits per heavy atom. The van der Waals surface area contributed by atoms with Gasteiger partial charge in [-0.1, -0.05) is 12.8 Å². The number of ether oxygens (including phenoxy) is 1. The lowest BCUT2D eigenvalue weighted by Gasteiger charge is -2.19. The van der Waals surface area contributed by atoms with Gasteiger partial charge in [0.25, 0.3) is 5.91 Å². The lowest BCUT2D eigenvalue weighted by Crippen LogP contribution is -2.44. The van der Waals surface area contributed by atoms with Gasteiger partial charge in [0.15, 0.2) is 12.4 Å². The number of rotatable bonds is 7. The number of anilines is 1. The Hall–Kier alpha value is -3.23. The molecule has 1 aliphatic carbocycles. The Morgan fingerprint density at radius 2 is 1.90 bits per heavy atom. The normalized spacial score (nSPS) is 19.1. The first-order chi connectivity index (χ1) is 14.4. The van der Waals surface area contributed by atoms with E-state index in [-0.39, 0.29) is 43.4 Å². The molecule has 4 amide bonds. The summed E-state index contributed by atoms with van der Waals surface area (Å²) < 4.78 is 5.04. The third-order valence-corrected chi connectivity index (χ3v) is 5.88. The molecule has 30 heavy (non-hydrogen) atoms. The number of hydrogen-bond donors (Lipinski definition) is 2. The van der Waals surface area contributed by atoms with Gasteiger partial charge in [0.1, 0.15) is 5.54 Å². The van der Waals surface area contributed by atoms with E-state index >= 15 is 0 Å². The molecule has 2 heterocycles. The van der Waals surface area contributed by atoms with Gasteiger partial charge in [-0.25, -0.2) is 4.79 Å². The van der Waals surface area contributed by atoms with E-state index in [4.69, 9.17) is 4.74 Å². The summed E-state index contributed by atoms with van der Waals surface area (Å²) in [5, 5.41) is 5.49. The summed E-state index contributed by atoms with van der Waals surface area (Å²) in [5.41, 5.74) is 1.05. The van der Waals surface area contributed by atoms with Crippen molar-refractivity contribution < 1.29 is 28.7 Å². The number of carbonyl (C=O) groups excluding carboxylic acids is 5. The molecule has 0 radical (unpaired) electrons. The lowest BCUT2D eigenvalue weighted by atomic mass is 9.98. The first kappa shape index (κ1) is 20.1. The van der Waals surface area contributed by atoms with Crippen LogP contribution in [0, 0.1) is 0 Å². The standard InChI is InChI=1S/C21H23N3O6/c25-16(13-5-6-15-14(10-13)11-17(26)22-15)12-30-18(27)4-3-9-24-19(28)21(23-20(24)29)7-1-2-8-21/h5-6,10H,1-4,7-9,11-12H2,(H,22,26)(H,23,29). The number of nitrogens with one attached hydrogen (secondary N) is 2. The molecule has 2 fully saturated rings. The van der Waals surface area contributed by atoms with Crippen LogP contribution in [0.4, 0.5) is 10.5 Å². The number of amides is 4. The number of fused-ring (bicyclic) bond motifs is 1. The third kappa shape index (κ3) is 3.79. The Balaban J connectivity index is 1.22. The SMILES string of the molecule is O=C1Cc2cc(C(=O)COC(=O)CCCN3C(=O)NC4(CCCC4)C3=O)ccc2N1. The molecule has 2 aliphatic heterocycles. The fraction of sp³-hybridized carbons (Fsp3) is 0.476. The van der Waals surface area contributed by atoms with Crippen LogP contribution in [-0.4, -0.2) is 53.2 Å². The first-order valence-corrected chi connectivity index (χ1v) is 10.1. The second-order valence-electron chi connectivity index (χ2n) is 7.96. The Kier molecular flexibility index (Phi) is 5.27. The van der Waals surface area contributed by atoms with E-state index in [1.165, 1.54) is 4.90 Å². The molecular formula is C21H23N3O6. The van der Waals surface area contributed by atoms with Crippen molar-refractivity contribution in [3.05, 3.63) is 29.3 Å². The van der Waals surface area contributed by atoms with Crippen molar-refractivity contribution in [2.24, 2.45) is 0 Å². The summed E-state index contributed by atoms with van der Waals surface area (Å²) in [6.45, 7) is -0.257. The first-order valence-electron chi connectivity index (χ1n) is 10.1. The second-order valence-corrected chi connectivity index (χ2v) is 7.96. The molecule has 1 aromatic carbocycles. The average molecular weight is 413 g/mol. The third-order valence-electron chi connectivity index (χ3n) is 5.88. The highest BCUT2D eigenvalue weighted by Crippen LogP contribution is 2.35. The number of esters is 1. The van der Waals surface area contributed by atoms with Crippen molar-refractivity contribution in [2.75, 3.05) is 18.5 Å². The van der Waals surface area contributed by atoms with Gasteiger partial charge in [-0.3, -0.25) is 24.1 Å². The van der Waals surface area contributed by atoms with Gasteiger partial charge in [-0.2, -0.15) is 0 Å². The molecule has 2 N–H and O–H groups in total. The molecule has 1 aromatic rings. The van der Waals surface area contributed by atoms with Crippen LogP contribution < -0.4 is 10.6 Å². The predicted molar refractivity (Wildman–Crippen MR) is 105 cm³/mol. The van der Waals surface area contributed by atoms with Crippen molar-refractivity contribution in [3.63, 3.8) is 0 Å². The number of carbonyl (C=O) groups is 5. The average Bonchev–Trinajstić information content (AvgIpc) is 3.39. The predicted octanol–water partition coefficient (Wildman–Crippen LogP) is 1.55. The lowest BCUT2D eigenvalue weighted by molar-refractivity contribution is -0.143. The van der Waals surface area contributed by atoms with Gasteiger partial charge in [0.2, 0.25) is 5.91 Å². The molecule has 1 spiro atoms. The molecule has 0 unspecified atom stereocenters. The van der Waals surface area contributed by atoms with E-state index in [1.54, 1.807) is 18.2 Å². The zero-order valence-electron chi connectivity index (χ0n) is 16.5. The zero-order chi connectivity index (χ0) is 21.3. The van der Waals surface area contributed by atoms with E-state index < -0.39 is 24.1 Å². The Morgan fingerprint density at radius 3 is 2.67 bits per heavy atom. The molecule has 0 atom stereocenters. The summed E-state index contributed by atoms with van der Waals surface area (Å²) >= 11 is 0. The summed E-state index contributed by atoms with van der Waals surface area (Å²) in [7, 11) is 0. The van der Waals surface area contributed by atoms with Crippen molar-refractivity contribution in [2.45, 2.75) is 50.5 Å². The number of ketones is 1. The van der Waals surface area contributed by atoms with E-state index in [9.17, 15) is 24.0 Å². The van der Waals surface area contributed by atoms with E-state index in [2.05, 4.69) is 10.6 Å². The second kappa shape index (κ2) is 7.89. The molecule has 0 bridgehead atoms. The summed E-state index contributed by atoms with van der Waals surface area (Å²) in [5.74, 6) is -1.25. The minimum Gasteiger partial charge on any atom is -0.457 e. The van der Waals surface area contributed by atoms with Crippen LogP contribution in [0.15, 0.2) is 18.2 Å². The van der Waals surface area contributed by atoms with Crippen molar-refractivity contribution in [1.82, 2.24) is 10.2 Å². The fourth-order valence-electron chi connectivity index (χ4n) is 4.28. The van der Waals surface area contributed by atoms with E-state index in [0.717, 1.165) is 18.4 Å². The van der Waals surface area contributed by atoms with Gasteiger partial charge in [0, 0.05) is 24.2 Å². The van der Waals surface area contributed by atoms with Gasteiger partial charge >= 0.3 is 12.0 Å². The van der Waals surface area contributed by atoms with Crippen LogP contribution in [0.1, 0.15) is 54.4 Å². The molecular weight excluding hydrogens is 390 g/mol. The quantitative estimate of drug-likeness (QED) is 0.397. The van der Waals surface area contributed by atoms with E-state index in [1.807, 2.05) is 0 Å². The van der Waals surface area contributed by atoms with Gasteiger partial charge in [-0.05, 0) is 43.0 Å². The largest absolute Gasteiger partial charge is 0.457 e. The maximum absolute atomic E-state index is 12.5. The number of hydrogen-bond acceptors (Lipinski definition) is 6. The van der Waals surface area contributed by atoms with Crippen LogP contribution >= 0.6 is 0 Å². The summed E-state index contributed by atoms with van der Waals surface area (Å²) in [4.78, 5) is 61.4. The maximum atomic E-state index is 12.5. The van der Waals surface area contributed by atoms with Crippen LogP contribution in [0.2, 0.25) is 0 Å². The minimum atomic E-state index is -0.750. The molecule has 9 nitrogen and oxygen atoms in total. The molecule has 9 heteroatoms. The number of urea groups is 1. The molecule has 0 aromatic heterocycles. The highest BCUT2D eigenvalue weighted by Gasteiger charge is 2.52. The number of imide groups is 1. The van der Waals surface area contributed by atoms with Crippen molar-refractivity contribution >= 4 is 35.3 Å². The number of Topliss-reactive ketones (excluding diaryl/α,β-unsaturated/α-hetero) is 1. The Labute approximate surface area is 173 Å². The minimum absolute atomic E-state index is 0.0000500. The molecule has 1 saturated heterocycles. The highest BCUT2D eigenvalue weighted by atomic mass is 16.5. The molecule has 1 saturated carbocycles. The summed E-state index contributed by atoms with van der Waals surface area (Å²) in [6, 6.07) is 4.46.